The lowest BCUT2D eigenvalue weighted by molar-refractivity contribution is 0.0648. The van der Waals surface area contributed by atoms with Crippen molar-refractivity contribution in [3.63, 3.8) is 0 Å². The van der Waals surface area contributed by atoms with E-state index in [0.717, 1.165) is 36.2 Å². The first-order valence-corrected chi connectivity index (χ1v) is 11.4. The Hall–Kier alpha value is -3.55. The Bertz CT molecular complexity index is 1100. The molecule has 0 aliphatic carbocycles. The van der Waals surface area contributed by atoms with Crippen LogP contribution in [0.15, 0.2) is 47.1 Å². The number of piperidine rings is 1. The van der Waals surface area contributed by atoms with Crippen molar-refractivity contribution in [2.75, 3.05) is 13.1 Å². The lowest BCUT2D eigenvalue weighted by atomic mass is 9.90. The highest BCUT2D eigenvalue weighted by atomic mass is 16.5. The van der Waals surface area contributed by atoms with Gasteiger partial charge in [-0.2, -0.15) is 0 Å². The minimum Gasteiger partial charge on any atom is -0.351 e. The molecule has 3 aromatic rings. The van der Waals surface area contributed by atoms with E-state index in [1.165, 1.54) is 0 Å². The zero-order chi connectivity index (χ0) is 23.2. The van der Waals surface area contributed by atoms with Crippen LogP contribution in [0.1, 0.15) is 63.5 Å². The number of carbonyl (C=O) groups is 2. The molecule has 0 spiro atoms. The number of aromatic nitrogens is 3. The van der Waals surface area contributed by atoms with Crippen molar-refractivity contribution in [3.05, 3.63) is 76.7 Å². The van der Waals surface area contributed by atoms with Gasteiger partial charge in [0.25, 0.3) is 11.8 Å². The maximum Gasteiger partial charge on any atom is 0.292 e. The first-order chi connectivity index (χ1) is 16.0. The number of nitrogens with one attached hydrogen (secondary N) is 1. The van der Waals surface area contributed by atoms with E-state index in [4.69, 9.17) is 4.52 Å². The molecule has 33 heavy (non-hydrogen) atoms. The van der Waals surface area contributed by atoms with Gasteiger partial charge in [0.2, 0.25) is 5.76 Å². The van der Waals surface area contributed by atoms with Crippen molar-refractivity contribution in [1.82, 2.24) is 25.3 Å². The van der Waals surface area contributed by atoms with Crippen molar-refractivity contribution >= 4 is 11.8 Å². The van der Waals surface area contributed by atoms with Crippen molar-refractivity contribution in [2.24, 2.45) is 5.92 Å². The Kier molecular flexibility index (Phi) is 7.12. The summed E-state index contributed by atoms with van der Waals surface area (Å²) in [4.78, 5) is 36.2. The van der Waals surface area contributed by atoms with Crippen LogP contribution in [0, 0.1) is 12.8 Å². The third kappa shape index (κ3) is 5.63. The molecule has 1 aliphatic rings. The number of nitrogens with zero attached hydrogens (tertiary/aromatic N) is 4. The third-order valence-electron chi connectivity index (χ3n) is 6.04. The molecule has 0 radical (unpaired) electrons. The predicted octanol–water partition coefficient (Wildman–Crippen LogP) is 3.36. The molecule has 1 aromatic carbocycles. The summed E-state index contributed by atoms with van der Waals surface area (Å²) in [7, 11) is 0. The van der Waals surface area contributed by atoms with Crippen LogP contribution >= 0.6 is 0 Å². The molecule has 8 heteroatoms. The van der Waals surface area contributed by atoms with Crippen LogP contribution in [0.4, 0.5) is 0 Å². The summed E-state index contributed by atoms with van der Waals surface area (Å²) >= 11 is 0. The second-order valence-corrected chi connectivity index (χ2v) is 8.42. The Balaban J connectivity index is 1.36. The molecule has 8 nitrogen and oxygen atoms in total. The van der Waals surface area contributed by atoms with E-state index in [1.54, 1.807) is 12.3 Å². The number of likely N-dealkylation sites (tertiary alicyclic amines) is 1. The van der Waals surface area contributed by atoms with E-state index in [-0.39, 0.29) is 11.8 Å². The summed E-state index contributed by atoms with van der Waals surface area (Å²) in [5.74, 6) is 1.01. The van der Waals surface area contributed by atoms with Gasteiger partial charge in [0.1, 0.15) is 5.82 Å². The fraction of sp³-hybridized carbons (Fsp3) is 0.400. The van der Waals surface area contributed by atoms with E-state index in [2.05, 4.69) is 20.4 Å². The number of carbonyl (C=O) groups excluding carboxylic acids is 2. The summed E-state index contributed by atoms with van der Waals surface area (Å²) < 4.78 is 5.20. The van der Waals surface area contributed by atoms with E-state index in [9.17, 15) is 9.59 Å². The molecule has 3 heterocycles. The molecule has 1 fully saturated rings. The van der Waals surface area contributed by atoms with Crippen molar-refractivity contribution in [2.45, 2.75) is 46.1 Å². The highest BCUT2D eigenvalue weighted by Crippen LogP contribution is 2.24. The molecule has 2 amide bonds. The Morgan fingerprint density at radius 3 is 2.64 bits per heavy atom. The first-order valence-electron chi connectivity index (χ1n) is 11.4. The summed E-state index contributed by atoms with van der Waals surface area (Å²) in [6, 6.07) is 11.5. The first kappa shape index (κ1) is 22.6. The molecular formula is C25H29N5O3. The fourth-order valence-electron chi connectivity index (χ4n) is 4.08. The molecule has 1 N–H and O–H groups in total. The maximum atomic E-state index is 12.9. The van der Waals surface area contributed by atoms with Crippen molar-refractivity contribution in [1.29, 1.82) is 0 Å². The Labute approximate surface area is 193 Å². The number of amides is 2. The molecule has 2 aromatic heterocycles. The van der Waals surface area contributed by atoms with Gasteiger partial charge >= 0.3 is 0 Å². The lowest BCUT2D eigenvalue weighted by Gasteiger charge is -2.31. The van der Waals surface area contributed by atoms with Gasteiger partial charge in [-0.25, -0.2) is 9.97 Å². The predicted molar refractivity (Wildman–Crippen MR) is 123 cm³/mol. The summed E-state index contributed by atoms with van der Waals surface area (Å²) in [5.41, 5.74) is 3.10. The molecule has 0 unspecified atom stereocenters. The normalized spacial score (nSPS) is 14.3. The van der Waals surface area contributed by atoms with Crippen LogP contribution in [0.25, 0.3) is 0 Å². The topological polar surface area (TPSA) is 101 Å². The van der Waals surface area contributed by atoms with Crippen LogP contribution in [0.3, 0.4) is 0 Å². The second-order valence-electron chi connectivity index (χ2n) is 8.42. The fourth-order valence-corrected chi connectivity index (χ4v) is 4.08. The molecule has 172 valence electrons. The highest BCUT2D eigenvalue weighted by Gasteiger charge is 2.27. The summed E-state index contributed by atoms with van der Waals surface area (Å²) in [6.07, 6.45) is 4.72. The van der Waals surface area contributed by atoms with Crippen molar-refractivity contribution < 1.29 is 14.1 Å². The van der Waals surface area contributed by atoms with Gasteiger partial charge in [0.05, 0.1) is 17.0 Å². The third-order valence-corrected chi connectivity index (χ3v) is 6.04. The molecule has 1 aliphatic heterocycles. The maximum absolute atomic E-state index is 12.9. The zero-order valence-electron chi connectivity index (χ0n) is 19.1. The molecule has 0 saturated carbocycles. The van der Waals surface area contributed by atoms with E-state index in [0.29, 0.717) is 49.1 Å². The number of aryl methyl sites for hydroxylation is 2. The zero-order valence-corrected chi connectivity index (χ0v) is 19.1. The SMILES string of the molecule is CCc1cc(C(=O)N2CCC(Cc3nc(C)ncc3C(=O)NCc3ccccc3)CC2)on1. The molecular weight excluding hydrogens is 418 g/mol. The number of hydrogen-bond donors (Lipinski definition) is 1. The largest absolute Gasteiger partial charge is 0.351 e. The monoisotopic (exact) mass is 447 g/mol. The average Bonchev–Trinajstić information content (AvgIpc) is 3.33. The molecule has 4 rings (SSSR count). The quantitative estimate of drug-likeness (QED) is 0.596. The summed E-state index contributed by atoms with van der Waals surface area (Å²) in [5, 5.41) is 6.89. The number of hydrogen-bond acceptors (Lipinski definition) is 6. The molecule has 0 atom stereocenters. The van der Waals surface area contributed by atoms with Crippen LogP contribution in [-0.4, -0.2) is 44.9 Å². The van der Waals surface area contributed by atoms with E-state index < -0.39 is 0 Å². The van der Waals surface area contributed by atoms with Crippen LogP contribution in [0.2, 0.25) is 0 Å². The van der Waals surface area contributed by atoms with Gasteiger partial charge in [-0.3, -0.25) is 9.59 Å². The minimum atomic E-state index is -0.168. The average molecular weight is 448 g/mol. The van der Waals surface area contributed by atoms with Crippen LogP contribution in [0.5, 0.6) is 0 Å². The Morgan fingerprint density at radius 2 is 1.94 bits per heavy atom. The van der Waals surface area contributed by atoms with Crippen molar-refractivity contribution in [3.8, 4) is 0 Å². The van der Waals surface area contributed by atoms with E-state index in [1.807, 2.05) is 49.1 Å². The van der Waals surface area contributed by atoms with Gasteiger partial charge in [0.15, 0.2) is 0 Å². The highest BCUT2D eigenvalue weighted by molar-refractivity contribution is 5.95. The van der Waals surface area contributed by atoms with Gasteiger partial charge < -0.3 is 14.7 Å². The molecule has 1 saturated heterocycles. The van der Waals surface area contributed by atoms with E-state index >= 15 is 0 Å². The smallest absolute Gasteiger partial charge is 0.292 e. The Morgan fingerprint density at radius 1 is 1.18 bits per heavy atom. The van der Waals surface area contributed by atoms with Gasteiger partial charge in [-0.15, -0.1) is 0 Å². The minimum absolute atomic E-state index is 0.112. The standard InChI is InChI=1S/C25H29N5O3/c1-3-20-14-23(33-29-20)25(32)30-11-9-18(10-12-30)13-22-21(16-26-17(2)28-22)24(31)27-15-19-7-5-4-6-8-19/h4-8,14,16,18H,3,9-13,15H2,1-2H3,(H,27,31). The van der Waals surface area contributed by atoms with Gasteiger partial charge in [-0.1, -0.05) is 42.4 Å². The van der Waals surface area contributed by atoms with Crippen LogP contribution < -0.4 is 5.32 Å². The lowest BCUT2D eigenvalue weighted by Crippen LogP contribution is -2.39. The summed E-state index contributed by atoms with van der Waals surface area (Å²) in [6.45, 7) is 5.55. The molecule has 0 bridgehead atoms. The number of benzene rings is 1. The second kappa shape index (κ2) is 10.4. The van der Waals surface area contributed by atoms with Gasteiger partial charge in [-0.05, 0) is 44.1 Å². The van der Waals surface area contributed by atoms with Crippen LogP contribution in [-0.2, 0) is 19.4 Å². The van der Waals surface area contributed by atoms with Gasteiger partial charge in [0, 0.05) is 31.9 Å². The number of rotatable bonds is 7.